The van der Waals surface area contributed by atoms with Crippen LogP contribution in [0.3, 0.4) is 0 Å². The fraction of sp³-hybridized carbons (Fsp3) is 0.538. The van der Waals surface area contributed by atoms with E-state index >= 15 is 0 Å². The van der Waals surface area contributed by atoms with E-state index in [-0.39, 0.29) is 6.04 Å². The summed E-state index contributed by atoms with van der Waals surface area (Å²) < 4.78 is 17.4. The van der Waals surface area contributed by atoms with Gasteiger partial charge in [0.25, 0.3) is 0 Å². The average Bonchev–Trinajstić information content (AvgIpc) is 2.28. The van der Waals surface area contributed by atoms with Crippen molar-refractivity contribution in [2.75, 3.05) is 12.9 Å². The first-order valence-corrected chi connectivity index (χ1v) is 6.94. The number of benzene rings is 1. The van der Waals surface area contributed by atoms with Gasteiger partial charge in [0.1, 0.15) is 0 Å². The second-order valence-electron chi connectivity index (χ2n) is 4.74. The van der Waals surface area contributed by atoms with Crippen molar-refractivity contribution in [3.8, 4) is 0 Å². The third kappa shape index (κ3) is 3.91. The van der Waals surface area contributed by atoms with Gasteiger partial charge in [-0.05, 0) is 38.5 Å². The minimum absolute atomic E-state index is 0.256. The zero-order valence-electron chi connectivity index (χ0n) is 10.9. The molecule has 0 fully saturated rings. The number of nitrogens with two attached hydrogens (primary N) is 1. The second kappa shape index (κ2) is 5.76. The zero-order chi connectivity index (χ0) is 13.1. The summed E-state index contributed by atoms with van der Waals surface area (Å²) in [4.78, 5) is 0.826. The smallest absolute Gasteiger partial charge is 0.0782 e. The van der Waals surface area contributed by atoms with E-state index in [0.29, 0.717) is 5.75 Å². The quantitative estimate of drug-likeness (QED) is 0.873. The van der Waals surface area contributed by atoms with Gasteiger partial charge < -0.3 is 10.5 Å². The summed E-state index contributed by atoms with van der Waals surface area (Å²) in [5.41, 5.74) is 6.67. The van der Waals surface area contributed by atoms with Crippen molar-refractivity contribution in [1.29, 1.82) is 0 Å². The number of ether oxygens (including phenoxy) is 1. The van der Waals surface area contributed by atoms with Crippen LogP contribution in [0.1, 0.15) is 19.4 Å². The van der Waals surface area contributed by atoms with Gasteiger partial charge in [-0.2, -0.15) is 0 Å². The van der Waals surface area contributed by atoms with Crippen molar-refractivity contribution in [3.63, 3.8) is 0 Å². The molecule has 2 unspecified atom stereocenters. The van der Waals surface area contributed by atoms with Crippen LogP contribution in [0.2, 0.25) is 0 Å². The lowest BCUT2D eigenvalue weighted by atomic mass is 10.0. The minimum atomic E-state index is -1.08. The number of hydrogen-bond donors (Lipinski definition) is 1. The molecule has 1 aromatic rings. The van der Waals surface area contributed by atoms with Crippen molar-refractivity contribution in [2.24, 2.45) is 5.73 Å². The Morgan fingerprint density at radius 2 is 2.12 bits per heavy atom. The minimum Gasteiger partial charge on any atom is -0.377 e. The van der Waals surface area contributed by atoms with Gasteiger partial charge in [-0.25, -0.2) is 0 Å². The molecule has 0 spiro atoms. The van der Waals surface area contributed by atoms with E-state index in [2.05, 4.69) is 0 Å². The van der Waals surface area contributed by atoms with Crippen molar-refractivity contribution < 1.29 is 8.95 Å². The summed E-state index contributed by atoms with van der Waals surface area (Å²) in [6.45, 7) is 5.80. The summed E-state index contributed by atoms with van der Waals surface area (Å²) in [5, 5.41) is 0. The maximum absolute atomic E-state index is 12.1. The first-order chi connectivity index (χ1) is 7.86. The molecule has 3 nitrogen and oxygen atoms in total. The molecule has 0 saturated heterocycles. The van der Waals surface area contributed by atoms with Gasteiger partial charge in [-0.1, -0.05) is 12.1 Å². The summed E-state index contributed by atoms with van der Waals surface area (Å²) in [5.74, 6) is 0.407. The predicted octanol–water partition coefficient (Wildman–Crippen LogP) is 1.85. The van der Waals surface area contributed by atoms with E-state index in [1.807, 2.05) is 45.0 Å². The lowest BCUT2D eigenvalue weighted by Crippen LogP contribution is -2.48. The van der Waals surface area contributed by atoms with E-state index in [4.69, 9.17) is 10.5 Å². The highest BCUT2D eigenvalue weighted by Crippen LogP contribution is 2.16. The standard InChI is InChI=1S/C13H21NO2S/c1-10-6-5-7-11(8-10)17(15)9-12(14)13(2,3)16-4/h5-8,12H,9,14H2,1-4H3. The molecule has 0 aliphatic rings. The predicted molar refractivity (Wildman–Crippen MR) is 71.5 cm³/mol. The molecule has 0 amide bonds. The van der Waals surface area contributed by atoms with Gasteiger partial charge in [0.05, 0.1) is 16.4 Å². The first kappa shape index (κ1) is 14.4. The second-order valence-corrected chi connectivity index (χ2v) is 6.24. The monoisotopic (exact) mass is 255 g/mol. The van der Waals surface area contributed by atoms with Crippen LogP contribution in [0.4, 0.5) is 0 Å². The Balaban J connectivity index is 2.73. The fourth-order valence-corrected chi connectivity index (χ4v) is 2.84. The number of aryl methyl sites for hydroxylation is 1. The Bertz CT molecular complexity index is 404. The Morgan fingerprint density at radius 3 is 2.65 bits per heavy atom. The molecule has 0 aliphatic carbocycles. The van der Waals surface area contributed by atoms with Gasteiger partial charge >= 0.3 is 0 Å². The van der Waals surface area contributed by atoms with Crippen LogP contribution in [-0.4, -0.2) is 28.7 Å². The number of hydrogen-bond acceptors (Lipinski definition) is 3. The van der Waals surface area contributed by atoms with Crippen LogP contribution >= 0.6 is 0 Å². The fourth-order valence-electron chi connectivity index (χ4n) is 1.37. The van der Waals surface area contributed by atoms with E-state index < -0.39 is 16.4 Å². The third-order valence-electron chi connectivity index (χ3n) is 3.00. The topological polar surface area (TPSA) is 52.3 Å². The molecular weight excluding hydrogens is 234 g/mol. The Labute approximate surface area is 106 Å². The Hall–Kier alpha value is -0.710. The highest BCUT2D eigenvalue weighted by atomic mass is 32.2. The van der Waals surface area contributed by atoms with E-state index in [9.17, 15) is 4.21 Å². The molecule has 96 valence electrons. The maximum atomic E-state index is 12.1. The molecule has 0 saturated carbocycles. The van der Waals surface area contributed by atoms with Gasteiger partial charge in [0.2, 0.25) is 0 Å². The number of rotatable bonds is 5. The summed E-state index contributed by atoms with van der Waals surface area (Å²) >= 11 is 0. The maximum Gasteiger partial charge on any atom is 0.0782 e. The van der Waals surface area contributed by atoms with Crippen molar-refractivity contribution in [2.45, 2.75) is 37.3 Å². The lowest BCUT2D eigenvalue weighted by molar-refractivity contribution is 0.00645. The molecule has 2 atom stereocenters. The molecule has 1 rings (SSSR count). The normalized spacial score (nSPS) is 15.6. The zero-order valence-corrected chi connectivity index (χ0v) is 11.7. The van der Waals surface area contributed by atoms with E-state index in [1.165, 1.54) is 0 Å². The van der Waals surface area contributed by atoms with Crippen LogP contribution in [0, 0.1) is 6.92 Å². The Morgan fingerprint density at radius 1 is 1.47 bits per heavy atom. The summed E-state index contributed by atoms with van der Waals surface area (Å²) in [6.07, 6.45) is 0. The van der Waals surface area contributed by atoms with Gasteiger partial charge in [0, 0.05) is 23.8 Å². The van der Waals surface area contributed by atoms with Crippen molar-refractivity contribution >= 4 is 10.8 Å². The molecule has 2 N–H and O–H groups in total. The van der Waals surface area contributed by atoms with Crippen LogP contribution in [0.25, 0.3) is 0 Å². The highest BCUT2D eigenvalue weighted by Gasteiger charge is 2.27. The van der Waals surface area contributed by atoms with Gasteiger partial charge in [-0.15, -0.1) is 0 Å². The summed E-state index contributed by atoms with van der Waals surface area (Å²) in [6, 6.07) is 7.45. The first-order valence-electron chi connectivity index (χ1n) is 5.62. The van der Waals surface area contributed by atoms with Crippen molar-refractivity contribution in [3.05, 3.63) is 29.8 Å². The van der Waals surface area contributed by atoms with Gasteiger partial charge in [-0.3, -0.25) is 4.21 Å². The molecule has 0 aromatic heterocycles. The molecule has 0 aliphatic heterocycles. The average molecular weight is 255 g/mol. The Kier molecular flexibility index (Phi) is 4.86. The van der Waals surface area contributed by atoms with Gasteiger partial charge in [0.15, 0.2) is 0 Å². The van der Waals surface area contributed by atoms with E-state index in [1.54, 1.807) is 7.11 Å². The van der Waals surface area contributed by atoms with Crippen LogP contribution < -0.4 is 5.73 Å². The number of methoxy groups -OCH3 is 1. The molecule has 0 bridgehead atoms. The largest absolute Gasteiger partial charge is 0.377 e. The third-order valence-corrected chi connectivity index (χ3v) is 4.44. The van der Waals surface area contributed by atoms with E-state index in [0.717, 1.165) is 10.5 Å². The van der Waals surface area contributed by atoms with Crippen LogP contribution in [0.5, 0.6) is 0 Å². The molecule has 4 heteroatoms. The lowest BCUT2D eigenvalue weighted by Gasteiger charge is -2.29. The van der Waals surface area contributed by atoms with Crippen molar-refractivity contribution in [1.82, 2.24) is 0 Å². The SMILES string of the molecule is COC(C)(C)C(N)CS(=O)c1cccc(C)c1. The highest BCUT2D eigenvalue weighted by molar-refractivity contribution is 7.85. The van der Waals surface area contributed by atoms with Crippen LogP contribution in [-0.2, 0) is 15.5 Å². The molecule has 0 heterocycles. The molecule has 1 aromatic carbocycles. The summed E-state index contributed by atoms with van der Waals surface area (Å²) in [7, 11) is 0.544. The molecule has 0 radical (unpaired) electrons. The molecular formula is C13H21NO2S. The van der Waals surface area contributed by atoms with Crippen LogP contribution in [0.15, 0.2) is 29.2 Å². The molecule has 17 heavy (non-hydrogen) atoms.